The molecule has 20 heavy (non-hydrogen) atoms. The Balaban J connectivity index is 2.26. The molecule has 0 fully saturated rings. The number of hydrogen-bond acceptors (Lipinski definition) is 2. The second-order valence-corrected chi connectivity index (χ2v) is 6.56. The van der Waals surface area contributed by atoms with Crippen LogP contribution in [0.2, 0.25) is 0 Å². The molecule has 0 amide bonds. The van der Waals surface area contributed by atoms with E-state index in [1.165, 1.54) is 11.1 Å². The van der Waals surface area contributed by atoms with E-state index < -0.39 is 0 Å². The molecule has 2 rings (SSSR count). The van der Waals surface area contributed by atoms with Crippen molar-refractivity contribution in [3.63, 3.8) is 0 Å². The van der Waals surface area contributed by atoms with E-state index in [4.69, 9.17) is 0 Å². The summed E-state index contributed by atoms with van der Waals surface area (Å²) in [5.74, 6) is 0. The maximum absolute atomic E-state index is 4.23. The summed E-state index contributed by atoms with van der Waals surface area (Å²) in [6, 6.07) is 13.0. The lowest BCUT2D eigenvalue weighted by Crippen LogP contribution is -2.19. The maximum atomic E-state index is 4.23. The number of benzene rings is 1. The molecule has 0 aliphatic carbocycles. The average molecular weight is 268 g/mol. The quantitative estimate of drug-likeness (QED) is 0.846. The second-order valence-electron chi connectivity index (χ2n) is 6.56. The topological polar surface area (TPSA) is 24.9 Å². The highest BCUT2D eigenvalue weighted by atomic mass is 14.9. The van der Waals surface area contributed by atoms with Gasteiger partial charge in [-0.05, 0) is 36.0 Å². The molecular formula is C18H24N2. The third-order valence-corrected chi connectivity index (χ3v) is 3.39. The van der Waals surface area contributed by atoms with Crippen molar-refractivity contribution in [3.8, 4) is 0 Å². The molecule has 1 heterocycles. The number of nitrogens with zero attached hydrogens (tertiary/aromatic N) is 1. The van der Waals surface area contributed by atoms with Gasteiger partial charge < -0.3 is 5.32 Å². The predicted octanol–water partition coefficient (Wildman–Crippen LogP) is 4.98. The third kappa shape index (κ3) is 4.09. The van der Waals surface area contributed by atoms with Crippen LogP contribution in [-0.4, -0.2) is 4.98 Å². The van der Waals surface area contributed by atoms with E-state index in [9.17, 15) is 0 Å². The van der Waals surface area contributed by atoms with Gasteiger partial charge in [0.05, 0.1) is 17.9 Å². The fourth-order valence-corrected chi connectivity index (χ4v) is 2.35. The minimum atomic E-state index is 0.267. The van der Waals surface area contributed by atoms with Gasteiger partial charge in [-0.3, -0.25) is 4.98 Å². The Morgan fingerprint density at radius 3 is 2.40 bits per heavy atom. The fourth-order valence-electron chi connectivity index (χ4n) is 2.35. The average Bonchev–Trinajstić information content (AvgIpc) is 2.40. The molecule has 2 aromatic rings. The fraction of sp³-hybridized carbons (Fsp3) is 0.389. The molecule has 0 bridgehead atoms. The Morgan fingerprint density at radius 2 is 1.80 bits per heavy atom. The number of anilines is 1. The van der Waals surface area contributed by atoms with E-state index in [1.807, 2.05) is 18.5 Å². The van der Waals surface area contributed by atoms with Gasteiger partial charge in [0.15, 0.2) is 0 Å². The van der Waals surface area contributed by atoms with Gasteiger partial charge in [-0.15, -0.1) is 0 Å². The van der Waals surface area contributed by atoms with E-state index in [0.29, 0.717) is 6.04 Å². The van der Waals surface area contributed by atoms with Crippen LogP contribution in [0.25, 0.3) is 0 Å². The van der Waals surface area contributed by atoms with Gasteiger partial charge in [0.1, 0.15) is 0 Å². The zero-order valence-corrected chi connectivity index (χ0v) is 12.9. The molecule has 0 aliphatic rings. The Bertz CT molecular complexity index is 541. The normalized spacial score (nSPS) is 13.0. The Morgan fingerprint density at radius 1 is 1.10 bits per heavy atom. The maximum Gasteiger partial charge on any atom is 0.0561 e. The SMILES string of the molecule is Cc1ccncc1NC(CC(C)(C)C)c1ccccc1. The number of aryl methyl sites for hydroxylation is 1. The van der Waals surface area contributed by atoms with Gasteiger partial charge in [-0.1, -0.05) is 51.1 Å². The van der Waals surface area contributed by atoms with Crippen molar-refractivity contribution in [1.82, 2.24) is 4.98 Å². The summed E-state index contributed by atoms with van der Waals surface area (Å²) in [6.07, 6.45) is 4.82. The first-order chi connectivity index (χ1) is 9.46. The summed E-state index contributed by atoms with van der Waals surface area (Å²) in [7, 11) is 0. The molecule has 1 atom stereocenters. The lowest BCUT2D eigenvalue weighted by atomic mass is 9.85. The molecule has 106 valence electrons. The van der Waals surface area contributed by atoms with Gasteiger partial charge in [0.25, 0.3) is 0 Å². The van der Waals surface area contributed by atoms with Gasteiger partial charge in [-0.25, -0.2) is 0 Å². The van der Waals surface area contributed by atoms with Gasteiger partial charge >= 0.3 is 0 Å². The van der Waals surface area contributed by atoms with Crippen molar-refractivity contribution in [3.05, 3.63) is 59.9 Å². The van der Waals surface area contributed by atoms with Crippen molar-refractivity contribution < 1.29 is 0 Å². The molecule has 0 spiro atoms. The summed E-state index contributed by atoms with van der Waals surface area (Å²) < 4.78 is 0. The van der Waals surface area contributed by atoms with Crippen LogP contribution in [0.15, 0.2) is 48.8 Å². The highest BCUT2D eigenvalue weighted by molar-refractivity contribution is 5.50. The van der Waals surface area contributed by atoms with Crippen LogP contribution < -0.4 is 5.32 Å². The third-order valence-electron chi connectivity index (χ3n) is 3.39. The lowest BCUT2D eigenvalue weighted by molar-refractivity contribution is 0.352. The van der Waals surface area contributed by atoms with E-state index in [-0.39, 0.29) is 5.41 Å². The molecule has 2 nitrogen and oxygen atoms in total. The molecule has 0 saturated heterocycles. The predicted molar refractivity (Wildman–Crippen MR) is 85.9 cm³/mol. The summed E-state index contributed by atoms with van der Waals surface area (Å²) >= 11 is 0. The summed E-state index contributed by atoms with van der Waals surface area (Å²) in [5, 5.41) is 3.66. The van der Waals surface area contributed by atoms with Crippen molar-refractivity contribution in [2.24, 2.45) is 5.41 Å². The van der Waals surface area contributed by atoms with Crippen LogP contribution >= 0.6 is 0 Å². The number of rotatable bonds is 4. The van der Waals surface area contributed by atoms with Crippen molar-refractivity contribution in [1.29, 1.82) is 0 Å². The number of aromatic nitrogens is 1. The molecule has 1 aromatic heterocycles. The van der Waals surface area contributed by atoms with Gasteiger partial charge in [0.2, 0.25) is 0 Å². The van der Waals surface area contributed by atoms with Crippen LogP contribution in [0.5, 0.6) is 0 Å². The second kappa shape index (κ2) is 6.08. The van der Waals surface area contributed by atoms with Crippen molar-refractivity contribution in [2.75, 3.05) is 5.32 Å². The largest absolute Gasteiger partial charge is 0.377 e. The van der Waals surface area contributed by atoms with Crippen LogP contribution in [0, 0.1) is 12.3 Å². The van der Waals surface area contributed by atoms with Crippen LogP contribution in [0.3, 0.4) is 0 Å². The van der Waals surface area contributed by atoms with E-state index in [1.54, 1.807) is 0 Å². The van der Waals surface area contributed by atoms with Gasteiger partial charge in [-0.2, -0.15) is 0 Å². The molecule has 1 unspecified atom stereocenters. The number of pyridine rings is 1. The molecule has 2 heteroatoms. The first-order valence-electron chi connectivity index (χ1n) is 7.18. The summed E-state index contributed by atoms with van der Waals surface area (Å²) in [6.45, 7) is 8.95. The zero-order chi connectivity index (χ0) is 14.6. The first kappa shape index (κ1) is 14.6. The van der Waals surface area contributed by atoms with E-state index >= 15 is 0 Å². The van der Waals surface area contributed by atoms with Crippen LogP contribution in [-0.2, 0) is 0 Å². The van der Waals surface area contributed by atoms with Gasteiger partial charge in [0, 0.05) is 6.20 Å². The zero-order valence-electron chi connectivity index (χ0n) is 12.9. The summed E-state index contributed by atoms with van der Waals surface area (Å²) in [4.78, 5) is 4.23. The summed E-state index contributed by atoms with van der Waals surface area (Å²) in [5.41, 5.74) is 3.94. The first-order valence-corrected chi connectivity index (χ1v) is 7.18. The van der Waals surface area contributed by atoms with Crippen molar-refractivity contribution >= 4 is 5.69 Å². The van der Waals surface area contributed by atoms with E-state index in [2.05, 4.69) is 68.3 Å². The number of nitrogens with one attached hydrogen (secondary N) is 1. The molecule has 0 radical (unpaired) electrons. The highest BCUT2D eigenvalue weighted by Gasteiger charge is 2.20. The standard InChI is InChI=1S/C18H24N2/c1-14-10-11-19-13-17(14)20-16(12-18(2,3)4)15-8-6-5-7-9-15/h5-11,13,16,20H,12H2,1-4H3. The molecule has 0 aliphatic heterocycles. The van der Waals surface area contributed by atoms with Crippen LogP contribution in [0.1, 0.15) is 44.4 Å². The number of hydrogen-bond donors (Lipinski definition) is 1. The smallest absolute Gasteiger partial charge is 0.0561 e. The van der Waals surface area contributed by atoms with Crippen molar-refractivity contribution in [2.45, 2.75) is 40.2 Å². The highest BCUT2D eigenvalue weighted by Crippen LogP contribution is 2.32. The monoisotopic (exact) mass is 268 g/mol. The van der Waals surface area contributed by atoms with Crippen LogP contribution in [0.4, 0.5) is 5.69 Å². The molecule has 1 N–H and O–H groups in total. The Kier molecular flexibility index (Phi) is 4.43. The Labute approximate surface area is 122 Å². The Hall–Kier alpha value is -1.83. The molecule has 1 aromatic carbocycles. The minimum absolute atomic E-state index is 0.267. The molecular weight excluding hydrogens is 244 g/mol. The lowest BCUT2D eigenvalue weighted by Gasteiger charge is -2.28. The molecule has 0 saturated carbocycles. The minimum Gasteiger partial charge on any atom is -0.377 e. The van der Waals surface area contributed by atoms with E-state index in [0.717, 1.165) is 12.1 Å².